The summed E-state index contributed by atoms with van der Waals surface area (Å²) in [5.74, 6) is 0.600. The van der Waals surface area contributed by atoms with Crippen molar-refractivity contribution in [2.45, 2.75) is 37.5 Å². The molecule has 6 nitrogen and oxygen atoms in total. The Hall–Kier alpha value is -3.02. The van der Waals surface area contributed by atoms with Crippen molar-refractivity contribution in [3.05, 3.63) is 72.4 Å². The fraction of sp³-hybridized carbons (Fsp3) is 0.333. The molecule has 138 valence electrons. The molecule has 2 aromatic heterocycles. The van der Waals surface area contributed by atoms with Crippen molar-refractivity contribution < 1.29 is 4.79 Å². The van der Waals surface area contributed by atoms with Crippen LogP contribution >= 0.6 is 0 Å². The van der Waals surface area contributed by atoms with Gasteiger partial charge < -0.3 is 5.32 Å². The van der Waals surface area contributed by atoms with Gasteiger partial charge in [0.25, 0.3) is 5.91 Å². The third kappa shape index (κ3) is 3.74. The lowest BCUT2D eigenvalue weighted by atomic mass is 9.69. The van der Waals surface area contributed by atoms with Gasteiger partial charge in [-0.15, -0.1) is 10.2 Å². The predicted octanol–water partition coefficient (Wildman–Crippen LogP) is 3.29. The minimum Gasteiger partial charge on any atom is -0.351 e. The largest absolute Gasteiger partial charge is 0.351 e. The standard InChI is InChI=1S/C21H23N5O/c27-20(17-9-10-19(22-13-17)26-15-24-25-16-26)23-14-21(11-5-2-6-12-21)18-7-3-1-4-8-18/h1,3-4,7-10,13,15-16H,2,5-6,11-12,14H2,(H,23,27). The van der Waals surface area contributed by atoms with Crippen LogP contribution in [0.5, 0.6) is 0 Å². The number of nitrogens with one attached hydrogen (secondary N) is 1. The third-order valence-electron chi connectivity index (χ3n) is 5.48. The summed E-state index contributed by atoms with van der Waals surface area (Å²) in [6.45, 7) is 0.656. The van der Waals surface area contributed by atoms with Gasteiger partial charge in [0.2, 0.25) is 0 Å². The molecule has 0 saturated heterocycles. The molecule has 4 rings (SSSR count). The molecule has 1 saturated carbocycles. The summed E-state index contributed by atoms with van der Waals surface area (Å²) in [5, 5.41) is 10.7. The Morgan fingerprint density at radius 1 is 1.00 bits per heavy atom. The fourth-order valence-electron chi connectivity index (χ4n) is 3.93. The first kappa shape index (κ1) is 17.4. The van der Waals surface area contributed by atoms with E-state index in [-0.39, 0.29) is 11.3 Å². The van der Waals surface area contributed by atoms with Gasteiger partial charge in [-0.3, -0.25) is 9.36 Å². The van der Waals surface area contributed by atoms with Crippen molar-refractivity contribution >= 4 is 5.91 Å². The van der Waals surface area contributed by atoms with E-state index in [1.807, 2.05) is 6.07 Å². The van der Waals surface area contributed by atoms with E-state index < -0.39 is 0 Å². The lowest BCUT2D eigenvalue weighted by Gasteiger charge is -2.38. The molecule has 0 bridgehead atoms. The Kier molecular flexibility index (Phi) is 4.96. The first-order valence-corrected chi connectivity index (χ1v) is 9.42. The second-order valence-electron chi connectivity index (χ2n) is 7.16. The van der Waals surface area contributed by atoms with Crippen LogP contribution in [0.2, 0.25) is 0 Å². The zero-order valence-electron chi connectivity index (χ0n) is 15.2. The van der Waals surface area contributed by atoms with Crippen molar-refractivity contribution in [1.82, 2.24) is 25.1 Å². The number of aromatic nitrogens is 4. The molecule has 1 aliphatic rings. The number of hydrogen-bond donors (Lipinski definition) is 1. The maximum Gasteiger partial charge on any atom is 0.252 e. The molecule has 0 atom stereocenters. The Morgan fingerprint density at radius 3 is 2.41 bits per heavy atom. The second kappa shape index (κ2) is 7.70. The number of carbonyl (C=O) groups excluding carboxylic acids is 1. The molecule has 1 aromatic carbocycles. The number of hydrogen-bond acceptors (Lipinski definition) is 4. The molecule has 0 aliphatic heterocycles. The minimum absolute atomic E-state index is 0.0328. The first-order valence-electron chi connectivity index (χ1n) is 9.42. The van der Waals surface area contributed by atoms with E-state index in [9.17, 15) is 4.79 Å². The number of pyridine rings is 1. The van der Waals surface area contributed by atoms with E-state index in [1.165, 1.54) is 24.8 Å². The quantitative estimate of drug-likeness (QED) is 0.757. The monoisotopic (exact) mass is 361 g/mol. The minimum atomic E-state index is -0.0846. The van der Waals surface area contributed by atoms with Gasteiger partial charge >= 0.3 is 0 Å². The SMILES string of the molecule is O=C(NCC1(c2ccccc2)CCCCC1)c1ccc(-n2cnnc2)nc1. The molecule has 6 heteroatoms. The smallest absolute Gasteiger partial charge is 0.252 e. The van der Waals surface area contributed by atoms with Gasteiger partial charge in [-0.2, -0.15) is 0 Å². The van der Waals surface area contributed by atoms with Crippen molar-refractivity contribution in [1.29, 1.82) is 0 Å². The fourth-order valence-corrected chi connectivity index (χ4v) is 3.93. The summed E-state index contributed by atoms with van der Waals surface area (Å²) in [5.41, 5.74) is 1.92. The molecular weight excluding hydrogens is 338 g/mol. The zero-order chi connectivity index (χ0) is 18.5. The number of rotatable bonds is 5. The summed E-state index contributed by atoms with van der Waals surface area (Å²) in [4.78, 5) is 17.0. The summed E-state index contributed by atoms with van der Waals surface area (Å²) in [6.07, 6.45) is 10.7. The van der Waals surface area contributed by atoms with E-state index in [0.29, 0.717) is 17.9 Å². The van der Waals surface area contributed by atoms with Crippen molar-refractivity contribution in [2.24, 2.45) is 0 Å². The van der Waals surface area contributed by atoms with Crippen LogP contribution in [0.15, 0.2) is 61.3 Å². The highest BCUT2D eigenvalue weighted by atomic mass is 16.1. The highest BCUT2D eigenvalue weighted by Gasteiger charge is 2.34. The predicted molar refractivity (Wildman–Crippen MR) is 103 cm³/mol. The highest BCUT2D eigenvalue weighted by molar-refractivity contribution is 5.94. The van der Waals surface area contributed by atoms with Crippen LogP contribution in [0.4, 0.5) is 0 Å². The average molecular weight is 361 g/mol. The van der Waals surface area contributed by atoms with Gasteiger partial charge in [0.1, 0.15) is 18.5 Å². The van der Waals surface area contributed by atoms with E-state index in [2.05, 4.69) is 44.8 Å². The third-order valence-corrected chi connectivity index (χ3v) is 5.48. The Morgan fingerprint density at radius 2 is 1.74 bits per heavy atom. The van der Waals surface area contributed by atoms with Crippen LogP contribution in [0.3, 0.4) is 0 Å². The molecule has 0 spiro atoms. The Bertz CT molecular complexity index is 869. The molecule has 3 aromatic rings. The van der Waals surface area contributed by atoms with Crippen molar-refractivity contribution in [3.63, 3.8) is 0 Å². The summed E-state index contributed by atoms with van der Waals surface area (Å²) in [6, 6.07) is 14.2. The van der Waals surface area contributed by atoms with Crippen molar-refractivity contribution in [3.8, 4) is 5.82 Å². The van der Waals surface area contributed by atoms with E-state index in [1.54, 1.807) is 35.6 Å². The molecule has 2 heterocycles. The van der Waals surface area contributed by atoms with Crippen LogP contribution in [0, 0.1) is 0 Å². The van der Waals surface area contributed by atoms with Gasteiger partial charge in [0.15, 0.2) is 0 Å². The Balaban J connectivity index is 1.47. The summed E-state index contributed by atoms with van der Waals surface area (Å²) in [7, 11) is 0. The summed E-state index contributed by atoms with van der Waals surface area (Å²) >= 11 is 0. The van der Waals surface area contributed by atoms with Crippen LogP contribution in [-0.4, -0.2) is 32.2 Å². The van der Waals surface area contributed by atoms with Gasteiger partial charge in [-0.25, -0.2) is 4.98 Å². The van der Waals surface area contributed by atoms with Crippen LogP contribution in [0.25, 0.3) is 5.82 Å². The molecular formula is C21H23N5O. The topological polar surface area (TPSA) is 72.7 Å². The van der Waals surface area contributed by atoms with E-state index in [4.69, 9.17) is 0 Å². The Labute approximate surface area is 158 Å². The van der Waals surface area contributed by atoms with Crippen LogP contribution in [-0.2, 0) is 5.41 Å². The molecule has 1 aliphatic carbocycles. The lowest BCUT2D eigenvalue weighted by Crippen LogP contribution is -2.42. The number of amides is 1. The second-order valence-corrected chi connectivity index (χ2v) is 7.16. The normalized spacial score (nSPS) is 16.0. The molecule has 1 N–H and O–H groups in total. The lowest BCUT2D eigenvalue weighted by molar-refractivity contribution is 0.0936. The summed E-state index contributed by atoms with van der Waals surface area (Å²) < 4.78 is 1.70. The molecule has 1 amide bonds. The van der Waals surface area contributed by atoms with Crippen LogP contribution < -0.4 is 5.32 Å². The average Bonchev–Trinajstić information content (AvgIpc) is 3.28. The first-order chi connectivity index (χ1) is 13.3. The van der Waals surface area contributed by atoms with Gasteiger partial charge in [-0.05, 0) is 30.5 Å². The van der Waals surface area contributed by atoms with Crippen molar-refractivity contribution in [2.75, 3.05) is 6.54 Å². The molecule has 0 unspecified atom stereocenters. The van der Waals surface area contributed by atoms with E-state index in [0.717, 1.165) is 12.8 Å². The van der Waals surface area contributed by atoms with Gasteiger partial charge in [-0.1, -0.05) is 49.6 Å². The number of benzene rings is 1. The van der Waals surface area contributed by atoms with Crippen LogP contribution in [0.1, 0.15) is 48.0 Å². The molecule has 27 heavy (non-hydrogen) atoms. The molecule has 0 radical (unpaired) electrons. The van der Waals surface area contributed by atoms with E-state index >= 15 is 0 Å². The number of nitrogens with zero attached hydrogens (tertiary/aromatic N) is 4. The maximum absolute atomic E-state index is 12.7. The zero-order valence-corrected chi connectivity index (χ0v) is 15.2. The molecule has 1 fully saturated rings. The van der Waals surface area contributed by atoms with Gasteiger partial charge in [0, 0.05) is 18.2 Å². The highest BCUT2D eigenvalue weighted by Crippen LogP contribution is 2.38. The van der Waals surface area contributed by atoms with Gasteiger partial charge in [0.05, 0.1) is 5.56 Å². The number of carbonyl (C=O) groups is 1. The maximum atomic E-state index is 12.7.